The monoisotopic (exact) mass is 405 g/mol. The van der Waals surface area contributed by atoms with Crippen molar-refractivity contribution in [3.05, 3.63) is 84.1 Å². The Bertz CT molecular complexity index is 897. The Balaban J connectivity index is 1.29. The SMILES string of the molecule is Cc1ccc(NC(=O)COc2ccc(CNCCCOc3ccccn3)cc2)cc1. The maximum atomic E-state index is 12.0. The van der Waals surface area contributed by atoms with E-state index in [9.17, 15) is 4.79 Å². The maximum Gasteiger partial charge on any atom is 0.262 e. The van der Waals surface area contributed by atoms with Gasteiger partial charge < -0.3 is 20.1 Å². The number of carbonyl (C=O) groups is 1. The van der Waals surface area contributed by atoms with E-state index in [-0.39, 0.29) is 12.5 Å². The van der Waals surface area contributed by atoms with Gasteiger partial charge in [0.2, 0.25) is 5.88 Å². The molecule has 6 nitrogen and oxygen atoms in total. The fraction of sp³-hybridized carbons (Fsp3) is 0.250. The van der Waals surface area contributed by atoms with Crippen molar-refractivity contribution in [2.45, 2.75) is 19.9 Å². The summed E-state index contributed by atoms with van der Waals surface area (Å²) in [5.74, 6) is 1.14. The number of pyridine rings is 1. The van der Waals surface area contributed by atoms with Crippen LogP contribution in [0.3, 0.4) is 0 Å². The summed E-state index contributed by atoms with van der Waals surface area (Å²) in [7, 11) is 0. The average Bonchev–Trinajstić information content (AvgIpc) is 2.78. The van der Waals surface area contributed by atoms with E-state index in [1.807, 2.05) is 73.7 Å². The lowest BCUT2D eigenvalue weighted by Gasteiger charge is -2.09. The van der Waals surface area contributed by atoms with Crippen molar-refractivity contribution in [2.24, 2.45) is 0 Å². The first-order valence-corrected chi connectivity index (χ1v) is 10.0. The maximum absolute atomic E-state index is 12.0. The molecule has 1 amide bonds. The van der Waals surface area contributed by atoms with Crippen molar-refractivity contribution in [3.8, 4) is 11.6 Å². The van der Waals surface area contributed by atoms with Crippen molar-refractivity contribution < 1.29 is 14.3 Å². The van der Waals surface area contributed by atoms with Crippen molar-refractivity contribution in [2.75, 3.05) is 25.1 Å². The van der Waals surface area contributed by atoms with E-state index in [4.69, 9.17) is 9.47 Å². The summed E-state index contributed by atoms with van der Waals surface area (Å²) in [6, 6.07) is 21.0. The third-order valence-corrected chi connectivity index (χ3v) is 4.34. The van der Waals surface area contributed by atoms with Gasteiger partial charge in [-0.25, -0.2) is 4.98 Å². The first kappa shape index (κ1) is 21.3. The first-order chi connectivity index (χ1) is 14.7. The molecule has 0 aliphatic heterocycles. The predicted molar refractivity (Wildman–Crippen MR) is 118 cm³/mol. The molecule has 30 heavy (non-hydrogen) atoms. The van der Waals surface area contributed by atoms with E-state index in [1.165, 1.54) is 0 Å². The molecule has 0 fully saturated rings. The van der Waals surface area contributed by atoms with E-state index >= 15 is 0 Å². The number of ether oxygens (including phenoxy) is 2. The number of aryl methyl sites for hydroxylation is 1. The first-order valence-electron chi connectivity index (χ1n) is 10.0. The second-order valence-electron chi connectivity index (χ2n) is 6.89. The summed E-state index contributed by atoms with van der Waals surface area (Å²) >= 11 is 0. The molecule has 0 unspecified atom stereocenters. The fourth-order valence-corrected chi connectivity index (χ4v) is 2.73. The minimum atomic E-state index is -0.183. The Labute approximate surface area is 177 Å². The van der Waals surface area contributed by atoms with Crippen molar-refractivity contribution in [3.63, 3.8) is 0 Å². The lowest BCUT2D eigenvalue weighted by Crippen LogP contribution is -2.20. The lowest BCUT2D eigenvalue weighted by molar-refractivity contribution is -0.118. The minimum Gasteiger partial charge on any atom is -0.484 e. The molecule has 1 heterocycles. The van der Waals surface area contributed by atoms with Crippen LogP contribution >= 0.6 is 0 Å². The van der Waals surface area contributed by atoms with Crippen LogP contribution in [0.25, 0.3) is 0 Å². The normalized spacial score (nSPS) is 10.4. The van der Waals surface area contributed by atoms with E-state index < -0.39 is 0 Å². The molecule has 0 bridgehead atoms. The smallest absolute Gasteiger partial charge is 0.262 e. The third kappa shape index (κ3) is 7.56. The van der Waals surface area contributed by atoms with Gasteiger partial charge in [-0.1, -0.05) is 35.9 Å². The Kier molecular flexibility index (Phi) is 8.23. The van der Waals surface area contributed by atoms with Crippen molar-refractivity contribution in [1.29, 1.82) is 0 Å². The van der Waals surface area contributed by atoms with Gasteiger partial charge in [0.1, 0.15) is 5.75 Å². The second kappa shape index (κ2) is 11.6. The highest BCUT2D eigenvalue weighted by Gasteiger charge is 2.04. The van der Waals surface area contributed by atoms with Crippen LogP contribution in [-0.2, 0) is 11.3 Å². The molecular weight excluding hydrogens is 378 g/mol. The van der Waals surface area contributed by atoms with Gasteiger partial charge in [-0.05, 0) is 55.8 Å². The van der Waals surface area contributed by atoms with Crippen molar-refractivity contribution >= 4 is 11.6 Å². The van der Waals surface area contributed by atoms with E-state index in [0.29, 0.717) is 18.2 Å². The molecule has 2 aromatic carbocycles. The van der Waals surface area contributed by atoms with Gasteiger partial charge in [0, 0.05) is 24.5 Å². The second-order valence-corrected chi connectivity index (χ2v) is 6.89. The Morgan fingerprint density at radius 2 is 1.77 bits per heavy atom. The largest absolute Gasteiger partial charge is 0.484 e. The highest BCUT2D eigenvalue weighted by molar-refractivity contribution is 5.91. The zero-order valence-corrected chi connectivity index (χ0v) is 17.1. The molecule has 156 valence electrons. The molecule has 6 heteroatoms. The molecule has 0 aliphatic rings. The lowest BCUT2D eigenvalue weighted by atomic mass is 10.2. The van der Waals surface area contributed by atoms with Crippen LogP contribution in [-0.4, -0.2) is 30.6 Å². The summed E-state index contributed by atoms with van der Waals surface area (Å²) in [5, 5.41) is 6.20. The Morgan fingerprint density at radius 1 is 0.967 bits per heavy atom. The number of hydrogen-bond acceptors (Lipinski definition) is 5. The highest BCUT2D eigenvalue weighted by Crippen LogP contribution is 2.13. The number of benzene rings is 2. The minimum absolute atomic E-state index is 0.0260. The van der Waals surface area contributed by atoms with Gasteiger partial charge in [0.25, 0.3) is 5.91 Å². The summed E-state index contributed by atoms with van der Waals surface area (Å²) in [5.41, 5.74) is 3.06. The summed E-state index contributed by atoms with van der Waals surface area (Å²) in [4.78, 5) is 16.1. The van der Waals surface area contributed by atoms with Crippen LogP contribution in [0.2, 0.25) is 0 Å². The number of nitrogens with zero attached hydrogens (tertiary/aromatic N) is 1. The molecule has 0 spiro atoms. The van der Waals surface area contributed by atoms with Crippen molar-refractivity contribution in [1.82, 2.24) is 10.3 Å². The third-order valence-electron chi connectivity index (χ3n) is 4.34. The van der Waals surface area contributed by atoms with Crippen LogP contribution in [0.5, 0.6) is 11.6 Å². The molecule has 0 atom stereocenters. The van der Waals surface area contributed by atoms with Gasteiger partial charge >= 0.3 is 0 Å². The quantitative estimate of drug-likeness (QED) is 0.473. The van der Waals surface area contributed by atoms with Gasteiger partial charge in [-0.3, -0.25) is 4.79 Å². The summed E-state index contributed by atoms with van der Waals surface area (Å²) in [6.07, 6.45) is 2.62. The van der Waals surface area contributed by atoms with Gasteiger partial charge in [0.15, 0.2) is 6.61 Å². The fourth-order valence-electron chi connectivity index (χ4n) is 2.73. The molecule has 1 aromatic heterocycles. The van der Waals surface area contributed by atoms with Gasteiger partial charge in [-0.15, -0.1) is 0 Å². The number of rotatable bonds is 11. The molecule has 0 saturated heterocycles. The van der Waals surface area contributed by atoms with E-state index in [0.717, 1.165) is 36.3 Å². The number of hydrogen-bond donors (Lipinski definition) is 2. The Morgan fingerprint density at radius 3 is 2.50 bits per heavy atom. The number of carbonyl (C=O) groups excluding carboxylic acids is 1. The van der Waals surface area contributed by atoms with Gasteiger partial charge in [0.05, 0.1) is 6.61 Å². The predicted octanol–water partition coefficient (Wildman–Crippen LogP) is 3.97. The topological polar surface area (TPSA) is 72.5 Å². The molecule has 0 radical (unpaired) electrons. The highest BCUT2D eigenvalue weighted by atomic mass is 16.5. The van der Waals surface area contributed by atoms with Crippen LogP contribution < -0.4 is 20.1 Å². The molecular formula is C24H27N3O3. The standard InChI is InChI=1S/C24H27N3O3/c1-19-6-10-21(11-7-19)27-23(28)18-30-22-12-8-20(9-13-22)17-25-14-4-16-29-24-5-2-3-15-26-24/h2-3,5-13,15,25H,4,14,16-18H2,1H3,(H,27,28). The Hall–Kier alpha value is -3.38. The number of anilines is 1. The number of aromatic nitrogens is 1. The number of nitrogens with one attached hydrogen (secondary N) is 2. The van der Waals surface area contributed by atoms with Crippen LogP contribution in [0, 0.1) is 6.92 Å². The van der Waals surface area contributed by atoms with Crippen LogP contribution in [0.15, 0.2) is 72.9 Å². The zero-order chi connectivity index (χ0) is 21.0. The van der Waals surface area contributed by atoms with E-state index in [1.54, 1.807) is 6.20 Å². The molecule has 0 aliphatic carbocycles. The van der Waals surface area contributed by atoms with Crippen LogP contribution in [0.1, 0.15) is 17.5 Å². The molecule has 0 saturated carbocycles. The van der Waals surface area contributed by atoms with Gasteiger partial charge in [-0.2, -0.15) is 0 Å². The summed E-state index contributed by atoms with van der Waals surface area (Å²) < 4.78 is 11.1. The molecule has 3 rings (SSSR count). The average molecular weight is 405 g/mol. The molecule has 2 N–H and O–H groups in total. The van der Waals surface area contributed by atoms with E-state index in [2.05, 4.69) is 15.6 Å². The van der Waals surface area contributed by atoms with Crippen LogP contribution in [0.4, 0.5) is 5.69 Å². The zero-order valence-electron chi connectivity index (χ0n) is 17.1. The molecule has 3 aromatic rings. The number of amides is 1. The summed E-state index contributed by atoms with van der Waals surface area (Å²) in [6.45, 7) is 4.22.